The summed E-state index contributed by atoms with van der Waals surface area (Å²) < 4.78 is 5.43. The SMILES string of the molecule is CCC1(CC)NC(=O)CN(C2CCCOC2)C1=O. The van der Waals surface area contributed by atoms with Crippen molar-refractivity contribution in [1.82, 2.24) is 10.2 Å². The third kappa shape index (κ3) is 2.23. The van der Waals surface area contributed by atoms with Crippen LogP contribution in [0.4, 0.5) is 0 Å². The molecule has 0 aromatic carbocycles. The summed E-state index contributed by atoms with van der Waals surface area (Å²) in [6.45, 7) is 5.39. The molecule has 2 fully saturated rings. The van der Waals surface area contributed by atoms with E-state index in [4.69, 9.17) is 4.74 Å². The molecule has 18 heavy (non-hydrogen) atoms. The van der Waals surface area contributed by atoms with Crippen LogP contribution in [0, 0.1) is 0 Å². The van der Waals surface area contributed by atoms with E-state index in [2.05, 4.69) is 5.32 Å². The van der Waals surface area contributed by atoms with Gasteiger partial charge in [-0.25, -0.2) is 0 Å². The summed E-state index contributed by atoms with van der Waals surface area (Å²) in [5, 5.41) is 2.88. The van der Waals surface area contributed by atoms with E-state index in [-0.39, 0.29) is 24.4 Å². The standard InChI is InChI=1S/C13H22N2O3/c1-3-13(4-2)12(17)15(8-11(16)14-13)10-6-5-7-18-9-10/h10H,3-9H2,1-2H3,(H,14,16). The largest absolute Gasteiger partial charge is 0.379 e. The van der Waals surface area contributed by atoms with Gasteiger partial charge in [-0.05, 0) is 25.7 Å². The molecule has 0 spiro atoms. The quantitative estimate of drug-likeness (QED) is 0.806. The number of ether oxygens (including phenoxy) is 1. The molecule has 0 radical (unpaired) electrons. The van der Waals surface area contributed by atoms with E-state index in [0.29, 0.717) is 19.4 Å². The van der Waals surface area contributed by atoms with Crippen LogP contribution in [0.1, 0.15) is 39.5 Å². The Morgan fingerprint density at radius 1 is 1.39 bits per heavy atom. The monoisotopic (exact) mass is 254 g/mol. The molecular formula is C13H22N2O3. The van der Waals surface area contributed by atoms with Gasteiger partial charge in [0.15, 0.2) is 0 Å². The van der Waals surface area contributed by atoms with Crippen molar-refractivity contribution in [2.45, 2.75) is 51.1 Å². The Kier molecular flexibility index (Phi) is 3.90. The van der Waals surface area contributed by atoms with Gasteiger partial charge in [0.05, 0.1) is 12.6 Å². The number of rotatable bonds is 3. The number of hydrogen-bond donors (Lipinski definition) is 1. The maximum Gasteiger partial charge on any atom is 0.249 e. The minimum atomic E-state index is -0.702. The molecule has 5 heteroatoms. The zero-order chi connectivity index (χ0) is 13.2. The molecular weight excluding hydrogens is 232 g/mol. The lowest BCUT2D eigenvalue weighted by molar-refractivity contribution is -0.155. The van der Waals surface area contributed by atoms with E-state index in [1.807, 2.05) is 13.8 Å². The lowest BCUT2D eigenvalue weighted by Gasteiger charge is -2.45. The van der Waals surface area contributed by atoms with Crippen molar-refractivity contribution in [2.75, 3.05) is 19.8 Å². The van der Waals surface area contributed by atoms with E-state index < -0.39 is 5.54 Å². The first-order chi connectivity index (χ1) is 8.63. The fraction of sp³-hybridized carbons (Fsp3) is 0.846. The summed E-state index contributed by atoms with van der Waals surface area (Å²) in [7, 11) is 0. The van der Waals surface area contributed by atoms with Crippen molar-refractivity contribution >= 4 is 11.8 Å². The van der Waals surface area contributed by atoms with Gasteiger partial charge in [0, 0.05) is 6.61 Å². The van der Waals surface area contributed by atoms with E-state index in [0.717, 1.165) is 19.4 Å². The zero-order valence-electron chi connectivity index (χ0n) is 11.2. The maximum atomic E-state index is 12.6. The lowest BCUT2D eigenvalue weighted by Crippen LogP contribution is -2.68. The normalized spacial score (nSPS) is 28.1. The molecule has 1 atom stereocenters. The topological polar surface area (TPSA) is 58.6 Å². The number of nitrogens with zero attached hydrogens (tertiary/aromatic N) is 1. The molecule has 0 aliphatic carbocycles. The molecule has 0 aromatic heterocycles. The average molecular weight is 254 g/mol. The van der Waals surface area contributed by atoms with Crippen LogP contribution in [-0.4, -0.2) is 48.1 Å². The van der Waals surface area contributed by atoms with Gasteiger partial charge < -0.3 is 15.0 Å². The molecule has 5 nitrogen and oxygen atoms in total. The molecule has 2 saturated heterocycles. The van der Waals surface area contributed by atoms with Gasteiger partial charge >= 0.3 is 0 Å². The molecule has 0 aromatic rings. The van der Waals surface area contributed by atoms with Crippen molar-refractivity contribution in [2.24, 2.45) is 0 Å². The Bertz CT molecular complexity index is 333. The summed E-state index contributed by atoms with van der Waals surface area (Å²) in [5.74, 6) is 0.00599. The Morgan fingerprint density at radius 2 is 2.11 bits per heavy atom. The highest BCUT2D eigenvalue weighted by Gasteiger charge is 2.46. The van der Waals surface area contributed by atoms with Gasteiger partial charge in [0.25, 0.3) is 0 Å². The van der Waals surface area contributed by atoms with E-state index in [9.17, 15) is 9.59 Å². The number of nitrogens with one attached hydrogen (secondary N) is 1. The minimum absolute atomic E-state index is 0.0520. The van der Waals surface area contributed by atoms with Crippen LogP contribution in [0.5, 0.6) is 0 Å². The number of carbonyl (C=O) groups is 2. The predicted octanol–water partition coefficient (Wildman–Crippen LogP) is 0.683. The minimum Gasteiger partial charge on any atom is -0.379 e. The molecule has 0 saturated carbocycles. The molecule has 2 rings (SSSR count). The van der Waals surface area contributed by atoms with E-state index in [1.54, 1.807) is 4.90 Å². The van der Waals surface area contributed by atoms with Gasteiger partial charge in [-0.3, -0.25) is 9.59 Å². The van der Waals surface area contributed by atoms with Crippen LogP contribution < -0.4 is 5.32 Å². The van der Waals surface area contributed by atoms with Crippen LogP contribution >= 0.6 is 0 Å². The van der Waals surface area contributed by atoms with E-state index >= 15 is 0 Å². The Morgan fingerprint density at radius 3 is 2.67 bits per heavy atom. The first-order valence-electron chi connectivity index (χ1n) is 6.83. The van der Waals surface area contributed by atoms with Crippen molar-refractivity contribution < 1.29 is 14.3 Å². The first-order valence-corrected chi connectivity index (χ1v) is 6.83. The molecule has 2 aliphatic rings. The van der Waals surface area contributed by atoms with Gasteiger partial charge in [-0.15, -0.1) is 0 Å². The van der Waals surface area contributed by atoms with Crippen molar-refractivity contribution in [3.05, 3.63) is 0 Å². The zero-order valence-corrected chi connectivity index (χ0v) is 11.2. The highest BCUT2D eigenvalue weighted by atomic mass is 16.5. The fourth-order valence-corrected chi connectivity index (χ4v) is 2.85. The molecule has 2 heterocycles. The molecule has 1 unspecified atom stereocenters. The van der Waals surface area contributed by atoms with Crippen molar-refractivity contribution in [3.8, 4) is 0 Å². The number of piperazine rings is 1. The van der Waals surface area contributed by atoms with Crippen LogP contribution in [0.25, 0.3) is 0 Å². The Balaban J connectivity index is 2.19. The summed E-state index contributed by atoms with van der Waals surface area (Å²) >= 11 is 0. The summed E-state index contributed by atoms with van der Waals surface area (Å²) in [5.41, 5.74) is -0.702. The van der Waals surface area contributed by atoms with Gasteiger partial charge in [-0.1, -0.05) is 13.8 Å². The number of carbonyl (C=O) groups excluding carboxylic acids is 2. The summed E-state index contributed by atoms with van der Waals surface area (Å²) in [4.78, 5) is 26.2. The summed E-state index contributed by atoms with van der Waals surface area (Å²) in [6, 6.07) is 0.0646. The molecule has 2 amide bonds. The van der Waals surface area contributed by atoms with Crippen LogP contribution in [-0.2, 0) is 14.3 Å². The third-order valence-corrected chi connectivity index (χ3v) is 4.15. The Labute approximate surface area is 108 Å². The number of hydrogen-bond acceptors (Lipinski definition) is 3. The smallest absolute Gasteiger partial charge is 0.249 e. The molecule has 0 bridgehead atoms. The predicted molar refractivity (Wildman–Crippen MR) is 67.0 cm³/mol. The highest BCUT2D eigenvalue weighted by Crippen LogP contribution is 2.25. The van der Waals surface area contributed by atoms with Crippen molar-refractivity contribution in [1.29, 1.82) is 0 Å². The summed E-state index contributed by atoms with van der Waals surface area (Å²) in [6.07, 6.45) is 3.17. The number of amides is 2. The van der Waals surface area contributed by atoms with Crippen molar-refractivity contribution in [3.63, 3.8) is 0 Å². The molecule has 102 valence electrons. The third-order valence-electron chi connectivity index (χ3n) is 4.15. The van der Waals surface area contributed by atoms with Gasteiger partial charge in [0.1, 0.15) is 12.1 Å². The first kappa shape index (κ1) is 13.3. The maximum absolute atomic E-state index is 12.6. The highest BCUT2D eigenvalue weighted by molar-refractivity contribution is 5.98. The second kappa shape index (κ2) is 5.26. The van der Waals surface area contributed by atoms with Gasteiger partial charge in [0.2, 0.25) is 11.8 Å². The van der Waals surface area contributed by atoms with Gasteiger partial charge in [-0.2, -0.15) is 0 Å². The van der Waals surface area contributed by atoms with Crippen LogP contribution in [0.3, 0.4) is 0 Å². The molecule has 2 aliphatic heterocycles. The average Bonchev–Trinajstić information content (AvgIpc) is 2.42. The van der Waals surface area contributed by atoms with Crippen LogP contribution in [0.2, 0.25) is 0 Å². The second-order valence-corrected chi connectivity index (χ2v) is 5.14. The lowest BCUT2D eigenvalue weighted by atomic mass is 9.88. The van der Waals surface area contributed by atoms with Crippen LogP contribution in [0.15, 0.2) is 0 Å². The van der Waals surface area contributed by atoms with E-state index in [1.165, 1.54) is 0 Å². The molecule has 1 N–H and O–H groups in total. The second-order valence-electron chi connectivity index (χ2n) is 5.14. The Hall–Kier alpha value is -1.10. The fourth-order valence-electron chi connectivity index (χ4n) is 2.85.